The Hall–Kier alpha value is -0.480. The molecule has 2 atom stereocenters. The summed E-state index contributed by atoms with van der Waals surface area (Å²) in [5.41, 5.74) is 0.155. The quantitative estimate of drug-likeness (QED) is 0.897. The summed E-state index contributed by atoms with van der Waals surface area (Å²) < 4.78 is 0. The normalized spacial score (nSPS) is 31.6. The molecule has 0 aromatic carbocycles. The van der Waals surface area contributed by atoms with Crippen molar-refractivity contribution in [3.63, 3.8) is 0 Å². The predicted octanol–water partition coefficient (Wildman–Crippen LogP) is 2.94. The smallest absolute Gasteiger partial charge is 0.131 e. The third kappa shape index (κ3) is 2.38. The minimum absolute atomic E-state index is 0.155. The average molecular weight is 251 g/mol. The van der Waals surface area contributed by atoms with E-state index in [1.807, 2.05) is 11.3 Å². The summed E-state index contributed by atoms with van der Waals surface area (Å²) >= 11 is 1.82. The fourth-order valence-corrected chi connectivity index (χ4v) is 4.04. The largest absolute Gasteiger partial charge is 0.306 e. The second-order valence-corrected chi connectivity index (χ2v) is 7.52. The monoisotopic (exact) mass is 251 g/mol. The Kier molecular flexibility index (Phi) is 2.75. The van der Waals surface area contributed by atoms with Crippen molar-refractivity contribution in [3.8, 4) is 0 Å². The molecule has 2 unspecified atom stereocenters. The van der Waals surface area contributed by atoms with Gasteiger partial charge in [-0.15, -0.1) is 10.2 Å². The van der Waals surface area contributed by atoms with Gasteiger partial charge in [-0.05, 0) is 45.4 Å². The molecular weight excluding hydrogens is 230 g/mol. The van der Waals surface area contributed by atoms with Crippen LogP contribution in [0.3, 0.4) is 0 Å². The van der Waals surface area contributed by atoms with Crippen molar-refractivity contribution in [2.45, 2.75) is 58.0 Å². The molecule has 0 saturated heterocycles. The third-order valence-electron chi connectivity index (χ3n) is 3.94. The van der Waals surface area contributed by atoms with Gasteiger partial charge in [0.05, 0.1) is 6.54 Å². The first-order valence-electron chi connectivity index (χ1n) is 6.62. The number of hydrogen-bond donors (Lipinski definition) is 1. The summed E-state index contributed by atoms with van der Waals surface area (Å²) in [4.78, 5) is 0. The van der Waals surface area contributed by atoms with E-state index in [4.69, 9.17) is 0 Å². The molecule has 1 aromatic rings. The highest BCUT2D eigenvalue weighted by atomic mass is 32.1. The van der Waals surface area contributed by atoms with Gasteiger partial charge >= 0.3 is 0 Å². The molecule has 0 bridgehead atoms. The number of aromatic nitrogens is 2. The van der Waals surface area contributed by atoms with Gasteiger partial charge in [0.1, 0.15) is 10.0 Å². The van der Waals surface area contributed by atoms with Gasteiger partial charge in [-0.2, -0.15) is 0 Å². The molecule has 17 heavy (non-hydrogen) atoms. The Morgan fingerprint density at radius 3 is 2.59 bits per heavy atom. The molecule has 0 amide bonds. The van der Waals surface area contributed by atoms with Gasteiger partial charge in [0.2, 0.25) is 0 Å². The molecule has 3 nitrogen and oxygen atoms in total. The molecule has 2 aliphatic rings. The lowest BCUT2D eigenvalue weighted by molar-refractivity contribution is 0.423. The number of nitrogens with one attached hydrogen (secondary N) is 1. The van der Waals surface area contributed by atoms with E-state index >= 15 is 0 Å². The van der Waals surface area contributed by atoms with Gasteiger partial charge in [0, 0.05) is 11.5 Å². The van der Waals surface area contributed by atoms with Crippen LogP contribution in [-0.2, 0) is 6.54 Å². The predicted molar refractivity (Wildman–Crippen MR) is 70.1 cm³/mol. The topological polar surface area (TPSA) is 37.8 Å². The lowest BCUT2D eigenvalue weighted by atomic mass is 10.1. The van der Waals surface area contributed by atoms with E-state index in [0.717, 1.165) is 29.3 Å². The highest BCUT2D eigenvalue weighted by Gasteiger charge is 2.54. The van der Waals surface area contributed by atoms with Crippen LogP contribution in [0, 0.1) is 11.8 Å². The maximum Gasteiger partial charge on any atom is 0.131 e. The van der Waals surface area contributed by atoms with Crippen LogP contribution in [0.15, 0.2) is 0 Å². The molecule has 1 aromatic heterocycles. The minimum Gasteiger partial charge on any atom is -0.306 e. The van der Waals surface area contributed by atoms with E-state index in [0.29, 0.717) is 0 Å². The van der Waals surface area contributed by atoms with E-state index in [2.05, 4.69) is 36.3 Å². The fourth-order valence-electron chi connectivity index (χ4n) is 3.00. The van der Waals surface area contributed by atoms with Gasteiger partial charge < -0.3 is 5.32 Å². The van der Waals surface area contributed by atoms with E-state index in [1.165, 1.54) is 24.3 Å². The first kappa shape index (κ1) is 11.6. The van der Waals surface area contributed by atoms with Crippen molar-refractivity contribution in [1.82, 2.24) is 15.5 Å². The van der Waals surface area contributed by atoms with Crippen LogP contribution >= 0.6 is 11.3 Å². The van der Waals surface area contributed by atoms with Gasteiger partial charge in [-0.1, -0.05) is 17.8 Å². The maximum absolute atomic E-state index is 4.39. The molecule has 4 heteroatoms. The summed E-state index contributed by atoms with van der Waals surface area (Å²) in [6.45, 7) is 7.39. The van der Waals surface area contributed by atoms with Gasteiger partial charge in [0.15, 0.2) is 0 Å². The Morgan fingerprint density at radius 2 is 1.94 bits per heavy atom. The molecular formula is C13H21N3S. The summed E-state index contributed by atoms with van der Waals surface area (Å²) in [5.74, 6) is 2.67. The summed E-state index contributed by atoms with van der Waals surface area (Å²) in [7, 11) is 0. The van der Waals surface area contributed by atoms with Crippen molar-refractivity contribution in [2.24, 2.45) is 11.8 Å². The zero-order chi connectivity index (χ0) is 12.0. The number of nitrogens with zero attached hydrogens (tertiary/aromatic N) is 2. The molecule has 0 radical (unpaired) electrons. The van der Waals surface area contributed by atoms with Crippen LogP contribution in [0.25, 0.3) is 0 Å². The summed E-state index contributed by atoms with van der Waals surface area (Å²) in [6.07, 6.45) is 4.28. The minimum atomic E-state index is 0.155. The van der Waals surface area contributed by atoms with Crippen LogP contribution < -0.4 is 5.32 Å². The van der Waals surface area contributed by atoms with E-state index in [1.54, 1.807) is 0 Å². The first-order chi connectivity index (χ1) is 8.04. The molecule has 2 saturated carbocycles. The first-order valence-corrected chi connectivity index (χ1v) is 7.43. The van der Waals surface area contributed by atoms with Crippen LogP contribution in [0.5, 0.6) is 0 Å². The van der Waals surface area contributed by atoms with Crippen LogP contribution in [-0.4, -0.2) is 15.7 Å². The second-order valence-electron chi connectivity index (χ2n) is 6.42. The van der Waals surface area contributed by atoms with Crippen molar-refractivity contribution in [1.29, 1.82) is 0 Å². The Balaban J connectivity index is 1.60. The Bertz CT molecular complexity index is 397. The maximum atomic E-state index is 4.39. The number of rotatable bonds is 3. The van der Waals surface area contributed by atoms with Crippen LogP contribution in [0.1, 0.15) is 56.0 Å². The standard InChI is InChI=1S/C13H21N3S/c1-13(2,3)14-7-10-15-16-12(17-10)11-8-5-4-6-9(8)11/h8-9,11,14H,4-7H2,1-3H3. The molecule has 94 valence electrons. The zero-order valence-corrected chi connectivity index (χ0v) is 11.7. The highest BCUT2D eigenvalue weighted by molar-refractivity contribution is 7.11. The van der Waals surface area contributed by atoms with Gasteiger partial charge in [-0.25, -0.2) is 0 Å². The van der Waals surface area contributed by atoms with Crippen LogP contribution in [0.4, 0.5) is 0 Å². The SMILES string of the molecule is CC(C)(C)NCc1nnc(C2C3CCCC32)s1. The second kappa shape index (κ2) is 4.02. The average Bonchev–Trinajstić information content (AvgIpc) is 2.73. The highest BCUT2D eigenvalue weighted by Crippen LogP contribution is 2.63. The molecule has 1 heterocycles. The van der Waals surface area contributed by atoms with Gasteiger partial charge in [-0.3, -0.25) is 0 Å². The lowest BCUT2D eigenvalue weighted by Crippen LogP contribution is -2.35. The van der Waals surface area contributed by atoms with E-state index in [9.17, 15) is 0 Å². The number of hydrogen-bond acceptors (Lipinski definition) is 4. The molecule has 2 fully saturated rings. The number of fused-ring (bicyclic) bond motifs is 1. The molecule has 0 aliphatic heterocycles. The summed E-state index contributed by atoms with van der Waals surface area (Å²) in [5, 5.41) is 14.6. The van der Waals surface area contributed by atoms with Crippen LogP contribution in [0.2, 0.25) is 0 Å². The Morgan fingerprint density at radius 1 is 1.24 bits per heavy atom. The zero-order valence-electron chi connectivity index (χ0n) is 10.9. The van der Waals surface area contributed by atoms with Crippen molar-refractivity contribution in [2.75, 3.05) is 0 Å². The van der Waals surface area contributed by atoms with Crippen molar-refractivity contribution in [3.05, 3.63) is 10.0 Å². The molecule has 1 N–H and O–H groups in total. The molecule has 2 aliphatic carbocycles. The summed E-state index contributed by atoms with van der Waals surface area (Å²) in [6, 6.07) is 0. The van der Waals surface area contributed by atoms with Crippen molar-refractivity contribution < 1.29 is 0 Å². The van der Waals surface area contributed by atoms with E-state index < -0.39 is 0 Å². The Labute approximate surface area is 107 Å². The lowest BCUT2D eigenvalue weighted by Gasteiger charge is -2.19. The van der Waals surface area contributed by atoms with Gasteiger partial charge in [0.25, 0.3) is 0 Å². The molecule has 3 rings (SSSR count). The molecule has 0 spiro atoms. The van der Waals surface area contributed by atoms with Crippen molar-refractivity contribution >= 4 is 11.3 Å². The third-order valence-corrected chi connectivity index (χ3v) is 4.97. The fraction of sp³-hybridized carbons (Fsp3) is 0.846. The van der Waals surface area contributed by atoms with E-state index in [-0.39, 0.29) is 5.54 Å².